The molecule has 0 atom stereocenters. The maximum Gasteiger partial charge on any atom is 0 e. The van der Waals surface area contributed by atoms with E-state index in [1.807, 2.05) is 30.3 Å². The molecule has 0 fully saturated rings. The molecule has 43 valence electrons. The van der Waals surface area contributed by atoms with E-state index in [1.54, 1.807) is 0 Å². The summed E-state index contributed by atoms with van der Waals surface area (Å²) in [4.78, 5) is 0. The van der Waals surface area contributed by atoms with Gasteiger partial charge in [0, 0.05) is 17.1 Å². The maximum absolute atomic E-state index is 3.72. The van der Waals surface area contributed by atoms with Gasteiger partial charge in [0.15, 0.2) is 0 Å². The van der Waals surface area contributed by atoms with Gasteiger partial charge in [-0.1, -0.05) is 6.07 Å². The molecule has 0 spiro atoms. The zero-order valence-electron chi connectivity index (χ0n) is 4.47. The van der Waals surface area contributed by atoms with Crippen LogP contribution in [0.5, 0.6) is 0 Å². The van der Waals surface area contributed by atoms with Gasteiger partial charge in [0.1, 0.15) is 0 Å². The number of benzene rings is 1. The SMILES string of the molecule is [CH2-]c1ccccc1.[Mn]. The third-order valence-corrected chi connectivity index (χ3v) is 0.843. The molecule has 1 rings (SSSR count). The summed E-state index contributed by atoms with van der Waals surface area (Å²) in [6, 6.07) is 9.87. The first-order valence-electron chi connectivity index (χ1n) is 2.26. The Hall–Kier alpha value is -0.391. The van der Waals surface area contributed by atoms with Crippen LogP contribution in [-0.4, -0.2) is 0 Å². The summed E-state index contributed by atoms with van der Waals surface area (Å²) < 4.78 is 0. The van der Waals surface area contributed by atoms with Gasteiger partial charge in [-0.15, -0.1) is 12.1 Å². The van der Waals surface area contributed by atoms with E-state index in [-0.39, 0.29) is 17.1 Å². The first-order chi connectivity index (χ1) is 3.39. The molecule has 0 heterocycles. The average Bonchev–Trinajstić information content (AvgIpc) is 1.69. The van der Waals surface area contributed by atoms with Crippen LogP contribution in [0.4, 0.5) is 0 Å². The van der Waals surface area contributed by atoms with E-state index < -0.39 is 0 Å². The summed E-state index contributed by atoms with van der Waals surface area (Å²) in [5.74, 6) is 0. The van der Waals surface area contributed by atoms with E-state index in [0.29, 0.717) is 0 Å². The van der Waals surface area contributed by atoms with Crippen molar-refractivity contribution in [2.75, 3.05) is 0 Å². The van der Waals surface area contributed by atoms with Crippen molar-refractivity contribution in [1.82, 2.24) is 0 Å². The standard InChI is InChI=1S/C7H7.Mn/c1-7-5-3-2-4-6-7;/h2-6H,1H2;/q-1;. The van der Waals surface area contributed by atoms with Gasteiger partial charge in [0.25, 0.3) is 0 Å². The number of hydrogen-bond acceptors (Lipinski definition) is 0. The van der Waals surface area contributed by atoms with Crippen LogP contribution >= 0.6 is 0 Å². The fourth-order valence-corrected chi connectivity index (χ4v) is 0.478. The fraction of sp³-hybridized carbons (Fsp3) is 0. The Morgan fingerprint density at radius 1 is 1.00 bits per heavy atom. The minimum Gasteiger partial charge on any atom is -0.199 e. The molecule has 0 nitrogen and oxygen atoms in total. The van der Waals surface area contributed by atoms with E-state index in [0.717, 1.165) is 5.56 Å². The molecule has 1 aromatic carbocycles. The van der Waals surface area contributed by atoms with Gasteiger partial charge < -0.3 is 0 Å². The summed E-state index contributed by atoms with van der Waals surface area (Å²) in [7, 11) is 0. The van der Waals surface area contributed by atoms with E-state index in [9.17, 15) is 0 Å². The Kier molecular flexibility index (Phi) is 3.42. The number of rotatable bonds is 0. The van der Waals surface area contributed by atoms with Crippen molar-refractivity contribution in [2.24, 2.45) is 0 Å². The molecule has 0 aliphatic rings. The molecule has 0 unspecified atom stereocenters. The maximum atomic E-state index is 3.72. The first kappa shape index (κ1) is 7.61. The second kappa shape index (κ2) is 3.59. The average molecular weight is 146 g/mol. The molecule has 0 aromatic heterocycles. The van der Waals surface area contributed by atoms with Crippen LogP contribution in [0.2, 0.25) is 0 Å². The van der Waals surface area contributed by atoms with Crippen LogP contribution in [0.3, 0.4) is 0 Å². The van der Waals surface area contributed by atoms with Crippen LogP contribution in [0, 0.1) is 6.92 Å². The summed E-state index contributed by atoms with van der Waals surface area (Å²) in [6.45, 7) is 3.72. The Morgan fingerprint density at radius 2 is 1.50 bits per heavy atom. The van der Waals surface area contributed by atoms with Gasteiger partial charge >= 0.3 is 0 Å². The normalized spacial score (nSPS) is 7.50. The summed E-state index contributed by atoms with van der Waals surface area (Å²) >= 11 is 0. The second-order valence-electron chi connectivity index (χ2n) is 1.49. The number of hydrogen-bond donors (Lipinski definition) is 0. The van der Waals surface area contributed by atoms with E-state index in [1.165, 1.54) is 0 Å². The van der Waals surface area contributed by atoms with Crippen LogP contribution in [-0.2, 0) is 17.1 Å². The molecule has 0 aliphatic heterocycles. The van der Waals surface area contributed by atoms with Gasteiger partial charge in [-0.2, -0.15) is 24.6 Å². The van der Waals surface area contributed by atoms with Crippen molar-refractivity contribution in [3.63, 3.8) is 0 Å². The van der Waals surface area contributed by atoms with Gasteiger partial charge in [-0.25, -0.2) is 0 Å². The van der Waals surface area contributed by atoms with Crippen LogP contribution in [0.15, 0.2) is 30.3 Å². The van der Waals surface area contributed by atoms with Crippen molar-refractivity contribution in [3.05, 3.63) is 42.8 Å². The molecular weight excluding hydrogens is 139 g/mol. The third-order valence-electron chi connectivity index (χ3n) is 0.843. The molecule has 0 bridgehead atoms. The topological polar surface area (TPSA) is 0 Å². The summed E-state index contributed by atoms with van der Waals surface area (Å²) in [6.07, 6.45) is 0. The van der Waals surface area contributed by atoms with Crippen LogP contribution in [0.1, 0.15) is 5.56 Å². The molecular formula is C7H7Mn-. The zero-order valence-corrected chi connectivity index (χ0v) is 5.65. The Labute approximate surface area is 60.4 Å². The summed E-state index contributed by atoms with van der Waals surface area (Å²) in [5, 5.41) is 0. The van der Waals surface area contributed by atoms with E-state index >= 15 is 0 Å². The fourth-order valence-electron chi connectivity index (χ4n) is 0.478. The predicted molar refractivity (Wildman–Crippen MR) is 30.9 cm³/mol. The summed E-state index contributed by atoms with van der Waals surface area (Å²) in [5.41, 5.74) is 1.07. The largest absolute Gasteiger partial charge is 0.199 e. The first-order valence-corrected chi connectivity index (χ1v) is 2.26. The third kappa shape index (κ3) is 2.06. The Morgan fingerprint density at radius 3 is 1.75 bits per heavy atom. The van der Waals surface area contributed by atoms with Crippen molar-refractivity contribution in [3.8, 4) is 0 Å². The van der Waals surface area contributed by atoms with Gasteiger partial charge in [-0.05, 0) is 0 Å². The molecule has 0 saturated heterocycles. The molecule has 0 saturated carbocycles. The van der Waals surface area contributed by atoms with Crippen molar-refractivity contribution in [2.45, 2.75) is 0 Å². The molecule has 8 heavy (non-hydrogen) atoms. The molecule has 1 heteroatoms. The van der Waals surface area contributed by atoms with Crippen molar-refractivity contribution in [1.29, 1.82) is 0 Å². The molecule has 1 radical (unpaired) electrons. The van der Waals surface area contributed by atoms with Crippen LogP contribution < -0.4 is 0 Å². The molecule has 0 amide bonds. The van der Waals surface area contributed by atoms with Crippen molar-refractivity contribution < 1.29 is 17.1 Å². The van der Waals surface area contributed by atoms with Gasteiger partial charge in [0.2, 0.25) is 0 Å². The van der Waals surface area contributed by atoms with E-state index in [4.69, 9.17) is 0 Å². The van der Waals surface area contributed by atoms with Gasteiger partial charge in [-0.3, -0.25) is 0 Å². The minimum absolute atomic E-state index is 0. The molecule has 0 aliphatic carbocycles. The smallest absolute Gasteiger partial charge is 0 e. The quantitative estimate of drug-likeness (QED) is 0.387. The second-order valence-corrected chi connectivity index (χ2v) is 1.49. The van der Waals surface area contributed by atoms with Crippen LogP contribution in [0.25, 0.3) is 0 Å². The minimum atomic E-state index is 0. The molecule has 1 aromatic rings. The molecule has 0 N–H and O–H groups in total. The van der Waals surface area contributed by atoms with Crippen molar-refractivity contribution >= 4 is 0 Å². The Balaban J connectivity index is 0.000000490. The predicted octanol–water partition coefficient (Wildman–Crippen LogP) is 1.87. The van der Waals surface area contributed by atoms with Gasteiger partial charge in [0.05, 0.1) is 0 Å². The van der Waals surface area contributed by atoms with E-state index in [2.05, 4.69) is 6.92 Å². The Bertz CT molecular complexity index is 134. The zero-order chi connectivity index (χ0) is 5.11. The monoisotopic (exact) mass is 146 g/mol.